The molecule has 0 unspecified atom stereocenters. The summed E-state index contributed by atoms with van der Waals surface area (Å²) in [4.78, 5) is 12.5. The lowest BCUT2D eigenvalue weighted by Crippen LogP contribution is -2.13. The van der Waals surface area contributed by atoms with Gasteiger partial charge in [-0.15, -0.1) is 0 Å². The van der Waals surface area contributed by atoms with Crippen LogP contribution in [-0.2, 0) is 0 Å². The molecule has 5 heteroatoms. The van der Waals surface area contributed by atoms with Crippen LogP contribution in [0.3, 0.4) is 0 Å². The van der Waals surface area contributed by atoms with Crippen LogP contribution in [0.2, 0.25) is 0 Å². The van der Waals surface area contributed by atoms with Crippen molar-refractivity contribution in [3.8, 4) is 11.4 Å². The van der Waals surface area contributed by atoms with Crippen LogP contribution in [0.5, 0.6) is 5.75 Å². The van der Waals surface area contributed by atoms with Gasteiger partial charge in [-0.25, -0.2) is 4.68 Å². The molecule has 0 atom stereocenters. The first kappa shape index (κ1) is 14.8. The minimum Gasteiger partial charge on any atom is -0.492 e. The van der Waals surface area contributed by atoms with E-state index in [1.807, 2.05) is 55.6 Å². The minimum atomic E-state index is -0.189. The first-order valence-corrected chi connectivity index (χ1v) is 7.41. The van der Waals surface area contributed by atoms with Gasteiger partial charge in [0.15, 0.2) is 0 Å². The highest BCUT2D eigenvalue weighted by Crippen LogP contribution is 2.24. The molecule has 3 aromatic rings. The van der Waals surface area contributed by atoms with Crippen molar-refractivity contribution in [2.24, 2.45) is 0 Å². The van der Waals surface area contributed by atoms with Gasteiger partial charge in [-0.1, -0.05) is 18.2 Å². The van der Waals surface area contributed by atoms with Crippen molar-refractivity contribution in [2.45, 2.75) is 6.92 Å². The third kappa shape index (κ3) is 3.40. The number of amides is 1. The zero-order chi connectivity index (χ0) is 16.1. The fraction of sp³-hybridized carbons (Fsp3) is 0.111. The minimum absolute atomic E-state index is 0.189. The topological polar surface area (TPSA) is 56.1 Å². The quantitative estimate of drug-likeness (QED) is 0.784. The lowest BCUT2D eigenvalue weighted by Gasteiger charge is -2.11. The highest BCUT2D eigenvalue weighted by Gasteiger charge is 2.10. The van der Waals surface area contributed by atoms with Crippen LogP contribution < -0.4 is 10.1 Å². The van der Waals surface area contributed by atoms with Gasteiger partial charge < -0.3 is 10.1 Å². The second-order valence-electron chi connectivity index (χ2n) is 4.88. The molecule has 0 saturated carbocycles. The van der Waals surface area contributed by atoms with Gasteiger partial charge in [0.05, 0.1) is 18.0 Å². The summed E-state index contributed by atoms with van der Waals surface area (Å²) < 4.78 is 7.24. The van der Waals surface area contributed by atoms with Crippen molar-refractivity contribution in [2.75, 3.05) is 11.9 Å². The number of nitrogens with one attached hydrogen (secondary N) is 1. The smallest absolute Gasteiger partial charge is 0.255 e. The van der Waals surface area contributed by atoms with Crippen LogP contribution in [0.4, 0.5) is 5.69 Å². The van der Waals surface area contributed by atoms with Crippen molar-refractivity contribution in [3.05, 3.63) is 72.6 Å². The summed E-state index contributed by atoms with van der Waals surface area (Å²) in [5.74, 6) is 0.470. The Morgan fingerprint density at radius 3 is 2.83 bits per heavy atom. The molecule has 0 spiro atoms. The maximum Gasteiger partial charge on any atom is 0.255 e. The molecule has 0 radical (unpaired) electrons. The first-order chi connectivity index (χ1) is 11.3. The van der Waals surface area contributed by atoms with Gasteiger partial charge in [-0.3, -0.25) is 4.79 Å². The Balaban J connectivity index is 1.83. The average molecular weight is 307 g/mol. The Morgan fingerprint density at radius 2 is 2.04 bits per heavy atom. The summed E-state index contributed by atoms with van der Waals surface area (Å²) >= 11 is 0. The van der Waals surface area contributed by atoms with Crippen molar-refractivity contribution in [3.63, 3.8) is 0 Å². The third-order valence-corrected chi connectivity index (χ3v) is 3.31. The highest BCUT2D eigenvalue weighted by atomic mass is 16.5. The molecule has 3 rings (SSSR count). The largest absolute Gasteiger partial charge is 0.492 e. The Morgan fingerprint density at radius 1 is 1.17 bits per heavy atom. The predicted octanol–water partition coefficient (Wildman–Crippen LogP) is 3.52. The Bertz CT molecular complexity index is 798. The van der Waals surface area contributed by atoms with Gasteiger partial charge >= 0.3 is 0 Å². The second-order valence-corrected chi connectivity index (χ2v) is 4.88. The number of carbonyl (C=O) groups excluding carboxylic acids is 1. The lowest BCUT2D eigenvalue weighted by molar-refractivity contribution is 0.102. The van der Waals surface area contributed by atoms with Crippen LogP contribution in [0, 0.1) is 0 Å². The van der Waals surface area contributed by atoms with Crippen LogP contribution in [0.15, 0.2) is 67.0 Å². The summed E-state index contributed by atoms with van der Waals surface area (Å²) in [6, 6.07) is 16.5. The van der Waals surface area contributed by atoms with Crippen LogP contribution >= 0.6 is 0 Å². The fourth-order valence-corrected chi connectivity index (χ4v) is 2.26. The summed E-state index contributed by atoms with van der Waals surface area (Å²) in [7, 11) is 0. The van der Waals surface area contributed by atoms with Crippen molar-refractivity contribution in [1.29, 1.82) is 0 Å². The Labute approximate surface area is 134 Å². The second kappa shape index (κ2) is 6.79. The van der Waals surface area contributed by atoms with Crippen LogP contribution in [-0.4, -0.2) is 22.3 Å². The SMILES string of the molecule is CCOc1ccccc1NC(=O)c1cccc(-n2cccn2)c1. The van der Waals surface area contributed by atoms with E-state index in [4.69, 9.17) is 4.74 Å². The summed E-state index contributed by atoms with van der Waals surface area (Å²) in [5, 5.41) is 7.06. The molecule has 0 fully saturated rings. The molecule has 5 nitrogen and oxygen atoms in total. The zero-order valence-corrected chi connectivity index (χ0v) is 12.8. The lowest BCUT2D eigenvalue weighted by atomic mass is 10.2. The molecule has 0 saturated heterocycles. The molecule has 1 aromatic heterocycles. The van der Waals surface area contributed by atoms with E-state index in [0.29, 0.717) is 23.6 Å². The molecular formula is C18H17N3O2. The molecule has 1 amide bonds. The number of anilines is 1. The zero-order valence-electron chi connectivity index (χ0n) is 12.8. The monoisotopic (exact) mass is 307 g/mol. The molecule has 0 bridgehead atoms. The number of benzene rings is 2. The van der Waals surface area contributed by atoms with Crippen LogP contribution in [0.1, 0.15) is 17.3 Å². The molecular weight excluding hydrogens is 290 g/mol. The molecule has 0 aliphatic carbocycles. The summed E-state index contributed by atoms with van der Waals surface area (Å²) in [5.41, 5.74) is 2.05. The molecule has 1 N–H and O–H groups in total. The van der Waals surface area contributed by atoms with E-state index in [9.17, 15) is 4.79 Å². The van der Waals surface area contributed by atoms with E-state index in [1.54, 1.807) is 23.0 Å². The fourth-order valence-electron chi connectivity index (χ4n) is 2.26. The molecule has 0 aliphatic heterocycles. The van der Waals surface area contributed by atoms with Crippen molar-refractivity contribution < 1.29 is 9.53 Å². The number of hydrogen-bond donors (Lipinski definition) is 1. The van der Waals surface area contributed by atoms with Gasteiger partial charge in [-0.05, 0) is 43.3 Å². The molecule has 1 heterocycles. The molecule has 116 valence electrons. The van der Waals surface area contributed by atoms with Gasteiger partial charge in [0.2, 0.25) is 0 Å². The number of aromatic nitrogens is 2. The number of nitrogens with zero attached hydrogens (tertiary/aromatic N) is 2. The standard InChI is InChI=1S/C18H17N3O2/c1-2-23-17-10-4-3-9-16(17)20-18(22)14-7-5-8-15(13-14)21-12-6-11-19-21/h3-13H,2H2,1H3,(H,20,22). The number of para-hydroxylation sites is 2. The van der Waals surface area contributed by atoms with Crippen molar-refractivity contribution in [1.82, 2.24) is 9.78 Å². The van der Waals surface area contributed by atoms with E-state index < -0.39 is 0 Å². The maximum absolute atomic E-state index is 12.5. The van der Waals surface area contributed by atoms with Gasteiger partial charge in [0.25, 0.3) is 5.91 Å². The Kier molecular flexibility index (Phi) is 4.38. The van der Waals surface area contributed by atoms with E-state index >= 15 is 0 Å². The average Bonchev–Trinajstić information content (AvgIpc) is 3.11. The number of ether oxygens (including phenoxy) is 1. The molecule has 0 aliphatic rings. The maximum atomic E-state index is 12.5. The van der Waals surface area contributed by atoms with Gasteiger partial charge in [0.1, 0.15) is 5.75 Å². The van der Waals surface area contributed by atoms with E-state index in [0.717, 1.165) is 5.69 Å². The number of rotatable bonds is 5. The summed E-state index contributed by atoms with van der Waals surface area (Å²) in [6.07, 6.45) is 3.53. The third-order valence-electron chi connectivity index (χ3n) is 3.31. The molecule has 23 heavy (non-hydrogen) atoms. The highest BCUT2D eigenvalue weighted by molar-refractivity contribution is 6.05. The normalized spacial score (nSPS) is 10.3. The Hall–Kier alpha value is -3.08. The van der Waals surface area contributed by atoms with E-state index in [2.05, 4.69) is 10.4 Å². The first-order valence-electron chi connectivity index (χ1n) is 7.41. The van der Waals surface area contributed by atoms with Gasteiger partial charge in [-0.2, -0.15) is 5.10 Å². The number of hydrogen-bond acceptors (Lipinski definition) is 3. The number of carbonyl (C=O) groups is 1. The summed E-state index contributed by atoms with van der Waals surface area (Å²) in [6.45, 7) is 2.45. The van der Waals surface area contributed by atoms with E-state index in [-0.39, 0.29) is 5.91 Å². The predicted molar refractivity (Wildman–Crippen MR) is 89.1 cm³/mol. The van der Waals surface area contributed by atoms with Crippen LogP contribution in [0.25, 0.3) is 5.69 Å². The van der Waals surface area contributed by atoms with E-state index in [1.165, 1.54) is 0 Å². The van der Waals surface area contributed by atoms with Crippen molar-refractivity contribution >= 4 is 11.6 Å². The van der Waals surface area contributed by atoms with Gasteiger partial charge in [0, 0.05) is 18.0 Å². The molecule has 2 aromatic carbocycles.